The highest BCUT2D eigenvalue weighted by atomic mass is 15.3. The Balaban J connectivity index is 2.10. The average Bonchev–Trinajstić information content (AvgIpc) is 2.90. The van der Waals surface area contributed by atoms with Crippen LogP contribution in [-0.4, -0.2) is 15.4 Å². The Morgan fingerprint density at radius 3 is 2.68 bits per heavy atom. The number of hydrogen-bond donors (Lipinski definition) is 2. The van der Waals surface area contributed by atoms with E-state index in [1.165, 1.54) is 0 Å². The zero-order valence-electron chi connectivity index (χ0n) is 10.2. The van der Waals surface area contributed by atoms with Crippen molar-refractivity contribution in [3.8, 4) is 0 Å². The van der Waals surface area contributed by atoms with E-state index in [0.717, 1.165) is 16.8 Å². The van der Waals surface area contributed by atoms with Crippen molar-refractivity contribution in [2.45, 2.75) is 0 Å². The molecule has 5 heteroatoms. The molecule has 0 fully saturated rings. The summed E-state index contributed by atoms with van der Waals surface area (Å²) in [5.41, 5.74) is 5.30. The maximum atomic E-state index is 5.59. The fraction of sp³-hybridized carbons (Fsp3) is 0. The molecule has 0 spiro atoms. The molecule has 3 N–H and O–H groups in total. The van der Waals surface area contributed by atoms with Gasteiger partial charge in [-0.15, -0.1) is 0 Å². The topological polar surface area (TPSA) is 67.7 Å². The Labute approximate surface area is 110 Å². The van der Waals surface area contributed by atoms with Crippen molar-refractivity contribution in [3.63, 3.8) is 0 Å². The highest BCUT2D eigenvalue weighted by Gasteiger charge is 2.09. The van der Waals surface area contributed by atoms with E-state index in [4.69, 9.17) is 5.84 Å². The molecule has 0 saturated heterocycles. The van der Waals surface area contributed by atoms with E-state index in [-0.39, 0.29) is 0 Å². The number of nitrogens with one attached hydrogen (secondary N) is 1. The van der Waals surface area contributed by atoms with E-state index in [9.17, 15) is 0 Å². The van der Waals surface area contributed by atoms with Crippen molar-refractivity contribution in [2.24, 2.45) is 10.8 Å². The Morgan fingerprint density at radius 2 is 1.89 bits per heavy atom. The molecule has 1 aromatic carbocycles. The molecule has 0 saturated carbocycles. The maximum absolute atomic E-state index is 5.59. The van der Waals surface area contributed by atoms with Crippen LogP contribution in [0.25, 0.3) is 5.52 Å². The highest BCUT2D eigenvalue weighted by molar-refractivity contribution is 6.05. The van der Waals surface area contributed by atoms with Crippen LogP contribution < -0.4 is 11.3 Å². The van der Waals surface area contributed by atoms with Gasteiger partial charge in [0.1, 0.15) is 0 Å². The second kappa shape index (κ2) is 4.91. The Kier molecular flexibility index (Phi) is 2.96. The summed E-state index contributed by atoms with van der Waals surface area (Å²) < 4.78 is 1.78. The second-order valence-corrected chi connectivity index (χ2v) is 4.03. The lowest BCUT2D eigenvalue weighted by atomic mass is 10.2. The van der Waals surface area contributed by atoms with Crippen molar-refractivity contribution < 1.29 is 0 Å². The van der Waals surface area contributed by atoms with E-state index < -0.39 is 0 Å². The SMILES string of the molecule is NNC(=Nc1ccccc1)c1cnn2ccccc12. The van der Waals surface area contributed by atoms with Crippen LogP contribution in [0.1, 0.15) is 5.56 Å². The number of fused-ring (bicyclic) bond motifs is 1. The summed E-state index contributed by atoms with van der Waals surface area (Å²) in [5.74, 6) is 6.18. The summed E-state index contributed by atoms with van der Waals surface area (Å²) in [4.78, 5) is 4.50. The number of aliphatic imine (C=N–C) groups is 1. The summed E-state index contributed by atoms with van der Waals surface area (Å²) in [6.45, 7) is 0. The van der Waals surface area contributed by atoms with Gasteiger partial charge in [0.05, 0.1) is 23.0 Å². The van der Waals surface area contributed by atoms with Gasteiger partial charge in [-0.3, -0.25) is 0 Å². The number of amidine groups is 1. The number of nitrogens with zero attached hydrogens (tertiary/aromatic N) is 3. The van der Waals surface area contributed by atoms with Gasteiger partial charge in [-0.25, -0.2) is 15.4 Å². The van der Waals surface area contributed by atoms with Crippen molar-refractivity contribution in [2.75, 3.05) is 0 Å². The fourth-order valence-electron chi connectivity index (χ4n) is 1.92. The van der Waals surface area contributed by atoms with Crippen LogP contribution >= 0.6 is 0 Å². The van der Waals surface area contributed by atoms with Crippen molar-refractivity contribution in [1.82, 2.24) is 15.0 Å². The normalized spacial score (nSPS) is 11.7. The molecule has 0 aliphatic heterocycles. The first-order valence-corrected chi connectivity index (χ1v) is 5.91. The minimum Gasteiger partial charge on any atom is -0.308 e. The number of hydrazine groups is 1. The molecule has 0 aliphatic carbocycles. The summed E-state index contributed by atoms with van der Waals surface area (Å²) in [6.07, 6.45) is 3.63. The molecule has 2 heterocycles. The van der Waals surface area contributed by atoms with Crippen LogP contribution in [0.4, 0.5) is 5.69 Å². The molecular weight excluding hydrogens is 238 g/mol. The van der Waals surface area contributed by atoms with Crippen molar-refractivity contribution in [1.29, 1.82) is 0 Å². The van der Waals surface area contributed by atoms with E-state index in [2.05, 4.69) is 15.5 Å². The lowest BCUT2D eigenvalue weighted by Gasteiger charge is -2.04. The first-order chi connectivity index (χ1) is 9.38. The summed E-state index contributed by atoms with van der Waals surface area (Å²) in [6, 6.07) is 15.5. The number of para-hydroxylation sites is 1. The van der Waals surface area contributed by atoms with E-state index in [0.29, 0.717) is 5.84 Å². The van der Waals surface area contributed by atoms with Crippen molar-refractivity contribution >= 4 is 17.0 Å². The van der Waals surface area contributed by atoms with Crippen LogP contribution in [-0.2, 0) is 0 Å². The Morgan fingerprint density at radius 1 is 1.11 bits per heavy atom. The Hall–Kier alpha value is -2.66. The van der Waals surface area contributed by atoms with Gasteiger partial charge in [-0.2, -0.15) is 5.10 Å². The molecule has 0 radical (unpaired) electrons. The molecule has 5 nitrogen and oxygen atoms in total. The molecule has 19 heavy (non-hydrogen) atoms. The van der Waals surface area contributed by atoms with Crippen LogP contribution in [0, 0.1) is 0 Å². The molecular formula is C14H13N5. The van der Waals surface area contributed by atoms with Gasteiger partial charge < -0.3 is 5.43 Å². The number of benzene rings is 1. The van der Waals surface area contributed by atoms with Crippen LogP contribution in [0.15, 0.2) is 65.9 Å². The monoisotopic (exact) mass is 251 g/mol. The molecule has 2 aromatic heterocycles. The maximum Gasteiger partial charge on any atom is 0.151 e. The zero-order valence-corrected chi connectivity index (χ0v) is 10.2. The van der Waals surface area contributed by atoms with Crippen LogP contribution in [0.5, 0.6) is 0 Å². The predicted octanol–water partition coefficient (Wildman–Crippen LogP) is 1.88. The first kappa shape index (κ1) is 11.4. The van der Waals surface area contributed by atoms with Crippen LogP contribution in [0.3, 0.4) is 0 Å². The predicted molar refractivity (Wildman–Crippen MR) is 75.2 cm³/mol. The number of hydrogen-bond acceptors (Lipinski definition) is 3. The summed E-state index contributed by atoms with van der Waals surface area (Å²) in [5, 5.41) is 4.27. The molecule has 0 amide bonds. The number of pyridine rings is 1. The summed E-state index contributed by atoms with van der Waals surface area (Å²) in [7, 11) is 0. The van der Waals surface area contributed by atoms with Gasteiger partial charge in [-0.1, -0.05) is 24.3 Å². The minimum absolute atomic E-state index is 0.590. The van der Waals surface area contributed by atoms with Gasteiger partial charge in [0.2, 0.25) is 0 Å². The van der Waals surface area contributed by atoms with Gasteiger partial charge in [0.15, 0.2) is 5.84 Å². The second-order valence-electron chi connectivity index (χ2n) is 4.03. The van der Waals surface area contributed by atoms with E-state index in [1.807, 2.05) is 54.7 Å². The summed E-state index contributed by atoms with van der Waals surface area (Å²) >= 11 is 0. The lowest BCUT2D eigenvalue weighted by molar-refractivity contribution is 0.961. The number of aromatic nitrogens is 2. The number of rotatable bonds is 2. The quantitative estimate of drug-likeness (QED) is 0.316. The first-order valence-electron chi connectivity index (χ1n) is 5.91. The van der Waals surface area contributed by atoms with Gasteiger partial charge in [-0.05, 0) is 24.3 Å². The molecule has 0 bridgehead atoms. The van der Waals surface area contributed by atoms with E-state index in [1.54, 1.807) is 10.7 Å². The van der Waals surface area contributed by atoms with Gasteiger partial charge >= 0.3 is 0 Å². The third kappa shape index (κ3) is 2.19. The molecule has 94 valence electrons. The smallest absolute Gasteiger partial charge is 0.151 e. The highest BCUT2D eigenvalue weighted by Crippen LogP contribution is 2.15. The number of nitrogens with two attached hydrogens (primary N) is 1. The zero-order chi connectivity index (χ0) is 13.1. The molecule has 3 rings (SSSR count). The van der Waals surface area contributed by atoms with Crippen LogP contribution in [0.2, 0.25) is 0 Å². The van der Waals surface area contributed by atoms with Gasteiger partial charge in [0.25, 0.3) is 0 Å². The fourth-order valence-corrected chi connectivity index (χ4v) is 1.92. The molecule has 3 aromatic rings. The molecule has 0 unspecified atom stereocenters. The molecule has 0 aliphatic rings. The third-order valence-corrected chi connectivity index (χ3v) is 2.82. The average molecular weight is 251 g/mol. The lowest BCUT2D eigenvalue weighted by Crippen LogP contribution is -2.30. The standard InChI is InChI=1S/C14H13N5/c15-18-14(17-11-6-2-1-3-7-11)12-10-16-19-9-5-4-8-13(12)19/h1-10H,15H2,(H,17,18). The third-order valence-electron chi connectivity index (χ3n) is 2.82. The minimum atomic E-state index is 0.590. The van der Waals surface area contributed by atoms with Crippen molar-refractivity contribution in [3.05, 3.63) is 66.5 Å². The largest absolute Gasteiger partial charge is 0.308 e. The Bertz CT molecular complexity index is 715. The molecule has 0 atom stereocenters. The van der Waals surface area contributed by atoms with E-state index >= 15 is 0 Å². The van der Waals surface area contributed by atoms with Gasteiger partial charge in [0, 0.05) is 6.20 Å².